The molecule has 0 spiro atoms. The van der Waals surface area contributed by atoms with Gasteiger partial charge in [-0.05, 0) is 74.1 Å². The Bertz CT molecular complexity index is 1890. The quantitative estimate of drug-likeness (QED) is 0.210. The van der Waals surface area contributed by atoms with Gasteiger partial charge in [0.2, 0.25) is 0 Å². The van der Waals surface area contributed by atoms with Crippen LogP contribution in [-0.2, 0) is 12.0 Å². The third-order valence-electron chi connectivity index (χ3n) is 9.02. The molecule has 0 unspecified atom stereocenters. The van der Waals surface area contributed by atoms with Gasteiger partial charge in [-0.3, -0.25) is 9.59 Å². The summed E-state index contributed by atoms with van der Waals surface area (Å²) in [7, 11) is 0. The Balaban J connectivity index is 1.16. The van der Waals surface area contributed by atoms with Crippen molar-refractivity contribution in [1.82, 2.24) is 19.8 Å². The van der Waals surface area contributed by atoms with Crippen molar-refractivity contribution in [2.75, 3.05) is 26.2 Å². The number of para-hydroxylation sites is 1. The second-order valence-electron chi connectivity index (χ2n) is 11.8. The van der Waals surface area contributed by atoms with Crippen LogP contribution < -0.4 is 4.74 Å². The summed E-state index contributed by atoms with van der Waals surface area (Å²) in [4.78, 5) is 40.8. The average molecular weight is 616 g/mol. The number of pyridine rings is 1. The van der Waals surface area contributed by atoms with Crippen LogP contribution in [0.4, 0.5) is 0 Å². The smallest absolute Gasteiger partial charge is 0.272 e. The van der Waals surface area contributed by atoms with Crippen LogP contribution in [0.25, 0.3) is 21.1 Å². The molecule has 3 aromatic carbocycles. The maximum absolute atomic E-state index is 13.9. The number of piperidine rings is 2. The van der Waals surface area contributed by atoms with E-state index in [0.29, 0.717) is 67.8 Å². The Morgan fingerprint density at radius 3 is 2.31 bits per heavy atom. The second kappa shape index (κ2) is 12.3. The molecule has 2 fully saturated rings. The Kier molecular flexibility index (Phi) is 7.90. The lowest BCUT2D eigenvalue weighted by molar-refractivity contribution is 0.0686. The molecule has 226 valence electrons. The van der Waals surface area contributed by atoms with Crippen molar-refractivity contribution in [1.29, 1.82) is 5.26 Å². The number of hydrogen-bond acceptors (Lipinski definition) is 7. The number of benzene rings is 3. The number of nitriles is 1. The summed E-state index contributed by atoms with van der Waals surface area (Å²) in [6, 6.07) is 27.5. The number of thiazole rings is 1. The Hall–Kier alpha value is -4.81. The number of amides is 2. The number of fused-ring (bicyclic) bond motifs is 2. The van der Waals surface area contributed by atoms with E-state index >= 15 is 0 Å². The molecule has 5 aromatic rings. The van der Waals surface area contributed by atoms with Crippen LogP contribution in [0, 0.1) is 11.3 Å². The lowest BCUT2D eigenvalue weighted by Crippen LogP contribution is -2.45. The fourth-order valence-electron chi connectivity index (χ4n) is 6.45. The highest BCUT2D eigenvalue weighted by atomic mass is 32.1. The topological polar surface area (TPSA) is 99.4 Å². The number of nitrogens with zero attached hydrogens (tertiary/aromatic N) is 5. The first-order valence-corrected chi connectivity index (χ1v) is 16.3. The normalized spacial score (nSPS) is 16.4. The molecule has 0 radical (unpaired) electrons. The van der Waals surface area contributed by atoms with Gasteiger partial charge in [-0.1, -0.05) is 42.5 Å². The van der Waals surface area contributed by atoms with Crippen LogP contribution >= 0.6 is 11.3 Å². The number of carbonyl (C=O) groups excluding carboxylic acids is 2. The van der Waals surface area contributed by atoms with E-state index in [1.807, 2.05) is 77.7 Å². The Morgan fingerprint density at radius 2 is 1.56 bits per heavy atom. The Labute approximate surface area is 265 Å². The fourth-order valence-corrected chi connectivity index (χ4v) is 7.33. The van der Waals surface area contributed by atoms with E-state index in [0.717, 1.165) is 40.1 Å². The molecule has 9 heteroatoms. The van der Waals surface area contributed by atoms with E-state index in [2.05, 4.69) is 11.1 Å². The fraction of sp³-hybridized carbons (Fsp3) is 0.306. The molecular formula is C36H33N5O3S. The molecule has 45 heavy (non-hydrogen) atoms. The highest BCUT2D eigenvalue weighted by Crippen LogP contribution is 2.36. The van der Waals surface area contributed by atoms with Gasteiger partial charge in [-0.2, -0.15) is 5.26 Å². The molecule has 2 aliphatic rings. The number of carbonyl (C=O) groups is 2. The lowest BCUT2D eigenvalue weighted by Gasteiger charge is -2.37. The molecule has 8 nitrogen and oxygen atoms in total. The van der Waals surface area contributed by atoms with Gasteiger partial charge in [0.05, 0.1) is 32.8 Å². The van der Waals surface area contributed by atoms with Crippen LogP contribution in [0.1, 0.15) is 63.5 Å². The summed E-state index contributed by atoms with van der Waals surface area (Å²) in [5.74, 6) is 0.297. The molecule has 0 aliphatic carbocycles. The summed E-state index contributed by atoms with van der Waals surface area (Å²) in [5.41, 5.74) is 2.59. The molecule has 0 atom stereocenters. The Morgan fingerprint density at radius 1 is 0.822 bits per heavy atom. The zero-order valence-electron chi connectivity index (χ0n) is 24.9. The number of likely N-dealkylation sites (tertiary alicyclic amines) is 2. The third-order valence-corrected chi connectivity index (χ3v) is 10.0. The minimum Gasteiger partial charge on any atom is -0.486 e. The van der Waals surface area contributed by atoms with Crippen LogP contribution in [0.5, 0.6) is 5.75 Å². The molecule has 2 aliphatic heterocycles. The van der Waals surface area contributed by atoms with E-state index in [-0.39, 0.29) is 17.5 Å². The van der Waals surface area contributed by atoms with Gasteiger partial charge in [0.1, 0.15) is 23.1 Å². The predicted molar refractivity (Wildman–Crippen MR) is 174 cm³/mol. The maximum atomic E-state index is 13.9. The molecule has 0 saturated carbocycles. The van der Waals surface area contributed by atoms with Crippen molar-refractivity contribution >= 4 is 44.3 Å². The predicted octanol–water partition coefficient (Wildman–Crippen LogP) is 6.75. The van der Waals surface area contributed by atoms with Crippen molar-refractivity contribution in [3.8, 4) is 11.8 Å². The number of rotatable bonds is 6. The van der Waals surface area contributed by atoms with E-state index in [1.54, 1.807) is 22.3 Å². The van der Waals surface area contributed by atoms with Crippen molar-refractivity contribution in [2.45, 2.75) is 44.1 Å². The van der Waals surface area contributed by atoms with Gasteiger partial charge >= 0.3 is 0 Å². The highest BCUT2D eigenvalue weighted by Gasteiger charge is 2.38. The van der Waals surface area contributed by atoms with E-state index in [4.69, 9.17) is 9.72 Å². The minimum absolute atomic E-state index is 0.0920. The maximum Gasteiger partial charge on any atom is 0.272 e. The zero-order chi connectivity index (χ0) is 30.8. The summed E-state index contributed by atoms with van der Waals surface area (Å²) in [6.07, 6.45) is 4.12. The van der Waals surface area contributed by atoms with Gasteiger partial charge in [0, 0.05) is 31.6 Å². The summed E-state index contributed by atoms with van der Waals surface area (Å²) in [6.45, 7) is 2.58. The average Bonchev–Trinajstić information content (AvgIpc) is 3.53. The summed E-state index contributed by atoms with van der Waals surface area (Å²) < 4.78 is 7.25. The number of ether oxygens (including phenoxy) is 1. The monoisotopic (exact) mass is 615 g/mol. The first-order valence-electron chi connectivity index (χ1n) is 15.5. The second-order valence-corrected chi connectivity index (χ2v) is 12.9. The summed E-state index contributed by atoms with van der Waals surface area (Å²) >= 11 is 1.60. The molecule has 2 saturated heterocycles. The van der Waals surface area contributed by atoms with Gasteiger partial charge < -0.3 is 14.5 Å². The summed E-state index contributed by atoms with van der Waals surface area (Å²) in [5, 5.41) is 11.6. The van der Waals surface area contributed by atoms with E-state index in [9.17, 15) is 14.9 Å². The molecule has 0 N–H and O–H groups in total. The number of hydrogen-bond donors (Lipinski definition) is 0. The standard InChI is InChI=1S/C36H33N5O3S/c37-24-36(25-9-3-1-4-10-25)15-19-41(20-16-36)35(43)31-22-28(34(42)40-17-7-2-8-18-40)27-21-26(13-14-29(27)38-31)44-23-33-39-30-11-5-6-12-32(30)45-33/h1,3-6,9-14,21-22H,2,7-8,15-20,23H2. The molecule has 0 bridgehead atoms. The van der Waals surface area contributed by atoms with E-state index < -0.39 is 5.41 Å². The first kappa shape index (κ1) is 28.9. The van der Waals surface area contributed by atoms with Gasteiger partial charge in [-0.25, -0.2) is 9.97 Å². The molecular weight excluding hydrogens is 582 g/mol. The molecule has 7 rings (SSSR count). The third kappa shape index (κ3) is 5.74. The molecule has 2 aromatic heterocycles. The molecule has 2 amide bonds. The van der Waals surface area contributed by atoms with Crippen LogP contribution in [0.15, 0.2) is 78.9 Å². The minimum atomic E-state index is -0.619. The largest absolute Gasteiger partial charge is 0.486 e. The van der Waals surface area contributed by atoms with Crippen molar-refractivity contribution < 1.29 is 14.3 Å². The van der Waals surface area contributed by atoms with E-state index in [1.165, 1.54) is 0 Å². The van der Waals surface area contributed by atoms with Crippen molar-refractivity contribution in [3.63, 3.8) is 0 Å². The zero-order valence-corrected chi connectivity index (χ0v) is 25.8. The van der Waals surface area contributed by atoms with Crippen molar-refractivity contribution in [2.24, 2.45) is 0 Å². The van der Waals surface area contributed by atoms with Crippen molar-refractivity contribution in [3.05, 3.63) is 101 Å². The highest BCUT2D eigenvalue weighted by molar-refractivity contribution is 7.18. The lowest BCUT2D eigenvalue weighted by atomic mass is 9.74. The van der Waals surface area contributed by atoms with Gasteiger partial charge in [0.25, 0.3) is 11.8 Å². The molecule has 4 heterocycles. The van der Waals surface area contributed by atoms with Crippen LogP contribution in [0.3, 0.4) is 0 Å². The first-order chi connectivity index (χ1) is 22.0. The van der Waals surface area contributed by atoms with Gasteiger partial charge in [0.15, 0.2) is 0 Å². The van der Waals surface area contributed by atoms with Gasteiger partial charge in [-0.15, -0.1) is 11.3 Å². The van der Waals surface area contributed by atoms with Crippen LogP contribution in [0.2, 0.25) is 0 Å². The van der Waals surface area contributed by atoms with Crippen LogP contribution in [-0.4, -0.2) is 57.8 Å². The SMILES string of the molecule is N#CC1(c2ccccc2)CCN(C(=O)c2cc(C(=O)N3CCCCC3)c3cc(OCc4nc5ccccc5s4)ccc3n2)CC1. The number of aromatic nitrogens is 2.